The van der Waals surface area contributed by atoms with Gasteiger partial charge in [0.1, 0.15) is 5.82 Å². The Balaban J connectivity index is 1.01. The number of carbonyl (C=O) groups excluding carboxylic acids is 2. The Morgan fingerprint density at radius 3 is 2.67 bits per heavy atom. The van der Waals surface area contributed by atoms with Crippen LogP contribution in [0.5, 0.6) is 0 Å². The molecule has 2 N–H and O–H groups in total. The van der Waals surface area contributed by atoms with Crippen LogP contribution in [0.25, 0.3) is 16.8 Å². The van der Waals surface area contributed by atoms with Crippen LogP contribution in [0.3, 0.4) is 0 Å². The molecule has 1 saturated carbocycles. The molecule has 3 heterocycles. The van der Waals surface area contributed by atoms with Crippen LogP contribution >= 0.6 is 11.8 Å². The van der Waals surface area contributed by atoms with Gasteiger partial charge in [-0.3, -0.25) is 14.9 Å². The van der Waals surface area contributed by atoms with Gasteiger partial charge in [0.2, 0.25) is 5.95 Å². The molecular weight excluding hydrogens is 477 g/mol. The number of piperidine rings is 1. The number of imide groups is 1. The summed E-state index contributed by atoms with van der Waals surface area (Å²) in [5, 5.41) is 7.59. The predicted octanol–water partition coefficient (Wildman–Crippen LogP) is 4.63. The second kappa shape index (κ2) is 9.29. The van der Waals surface area contributed by atoms with Gasteiger partial charge in [-0.25, -0.2) is 14.4 Å². The average Bonchev–Trinajstić information content (AvgIpc) is 3.18. The first kappa shape index (κ1) is 23.1. The lowest BCUT2D eigenvalue weighted by Crippen LogP contribution is -2.53. The zero-order valence-corrected chi connectivity index (χ0v) is 20.5. The third kappa shape index (κ3) is 4.73. The van der Waals surface area contributed by atoms with Crippen LogP contribution in [0.15, 0.2) is 53.6 Å². The summed E-state index contributed by atoms with van der Waals surface area (Å²) in [7, 11) is 0. The molecule has 6 rings (SSSR count). The normalized spacial score (nSPS) is 20.8. The fraction of sp³-hybridized carbons (Fsp3) is 0.333. The third-order valence-corrected chi connectivity index (χ3v) is 8.32. The molecule has 3 aromatic rings. The van der Waals surface area contributed by atoms with Gasteiger partial charge >= 0.3 is 0 Å². The van der Waals surface area contributed by atoms with Crippen LogP contribution < -0.4 is 15.5 Å². The predicted molar refractivity (Wildman–Crippen MR) is 139 cm³/mol. The summed E-state index contributed by atoms with van der Waals surface area (Å²) in [5.74, 6) is 0.0824. The molecule has 2 aliphatic heterocycles. The molecular formula is C27H26FN5O2S. The molecule has 1 aliphatic carbocycles. The summed E-state index contributed by atoms with van der Waals surface area (Å²) in [5.41, 5.74) is 2.22. The van der Waals surface area contributed by atoms with Crippen molar-refractivity contribution in [3.8, 4) is 0 Å². The standard InChI is InChI=1S/C27H26FN5O2S/c28-20-4-3-18-11-17(1-2-19(18)12-20)16-30-22-14-27(15-22)6-9-33(10-7-27)25-29-8-5-21(31-25)13-23-24(34)32-26(35)36-23/h1-5,8,11-13,22,30H,6-7,9-10,14-16H2,(H,32,34,35)/b23-13+. The number of hydrogen-bond acceptors (Lipinski definition) is 7. The largest absolute Gasteiger partial charge is 0.341 e. The topological polar surface area (TPSA) is 87.2 Å². The number of nitrogens with zero attached hydrogens (tertiary/aromatic N) is 3. The van der Waals surface area contributed by atoms with Crippen LogP contribution in [0.1, 0.15) is 36.9 Å². The van der Waals surface area contributed by atoms with E-state index in [1.54, 1.807) is 24.4 Å². The SMILES string of the molecule is O=C1NC(=O)/C(=C\c2ccnc(N3CCC4(CC3)CC(NCc3ccc5cc(F)ccc5c3)C4)n2)S1. The molecule has 3 fully saturated rings. The van der Waals surface area contributed by atoms with Crippen molar-refractivity contribution >= 4 is 45.7 Å². The minimum absolute atomic E-state index is 0.203. The van der Waals surface area contributed by atoms with Gasteiger partial charge in [0.25, 0.3) is 11.1 Å². The molecule has 0 atom stereocenters. The fourth-order valence-electron chi connectivity index (χ4n) is 5.51. The third-order valence-electron chi connectivity index (χ3n) is 7.51. The van der Waals surface area contributed by atoms with E-state index in [-0.39, 0.29) is 17.0 Å². The maximum Gasteiger partial charge on any atom is 0.290 e. The number of rotatable bonds is 5. The summed E-state index contributed by atoms with van der Waals surface area (Å²) in [4.78, 5) is 34.8. The summed E-state index contributed by atoms with van der Waals surface area (Å²) < 4.78 is 13.4. The highest BCUT2D eigenvalue weighted by atomic mass is 32.2. The number of carbonyl (C=O) groups is 2. The van der Waals surface area contributed by atoms with E-state index in [9.17, 15) is 14.0 Å². The summed E-state index contributed by atoms with van der Waals surface area (Å²) >= 11 is 0.892. The van der Waals surface area contributed by atoms with Gasteiger partial charge in [-0.2, -0.15) is 0 Å². The fourth-order valence-corrected chi connectivity index (χ4v) is 6.17. The van der Waals surface area contributed by atoms with Gasteiger partial charge in [0.05, 0.1) is 10.6 Å². The van der Waals surface area contributed by atoms with Crippen LogP contribution in [-0.4, -0.2) is 40.2 Å². The molecule has 3 aliphatic rings. The second-order valence-corrected chi connectivity index (χ2v) is 10.9. The molecule has 1 spiro atoms. The van der Waals surface area contributed by atoms with Crippen LogP contribution in [-0.2, 0) is 11.3 Å². The summed E-state index contributed by atoms with van der Waals surface area (Å²) in [6.45, 7) is 2.63. The number of hydrogen-bond donors (Lipinski definition) is 2. The van der Waals surface area contributed by atoms with E-state index in [0.29, 0.717) is 28.0 Å². The molecule has 0 unspecified atom stereocenters. The van der Waals surface area contributed by atoms with E-state index >= 15 is 0 Å². The van der Waals surface area contributed by atoms with Crippen molar-refractivity contribution in [1.82, 2.24) is 20.6 Å². The Bertz CT molecular complexity index is 1380. The molecule has 2 amide bonds. The Hall–Kier alpha value is -3.30. The minimum atomic E-state index is -0.380. The molecule has 0 bridgehead atoms. The highest BCUT2D eigenvalue weighted by Gasteiger charge is 2.45. The van der Waals surface area contributed by atoms with Crippen LogP contribution in [0.2, 0.25) is 0 Å². The first-order valence-corrected chi connectivity index (χ1v) is 13.0. The van der Waals surface area contributed by atoms with E-state index in [1.165, 1.54) is 24.5 Å². The van der Waals surface area contributed by atoms with Crippen molar-refractivity contribution in [1.29, 1.82) is 0 Å². The Morgan fingerprint density at radius 2 is 1.89 bits per heavy atom. The molecule has 36 heavy (non-hydrogen) atoms. The Kier molecular flexibility index (Phi) is 5.97. The Morgan fingerprint density at radius 1 is 1.11 bits per heavy atom. The summed E-state index contributed by atoms with van der Waals surface area (Å²) in [6, 6.07) is 13.4. The molecule has 2 saturated heterocycles. The lowest BCUT2D eigenvalue weighted by atomic mass is 9.60. The van der Waals surface area contributed by atoms with E-state index < -0.39 is 0 Å². The average molecular weight is 504 g/mol. The number of thioether (sulfide) groups is 1. The van der Waals surface area contributed by atoms with Gasteiger partial charge in [-0.15, -0.1) is 0 Å². The molecule has 184 valence electrons. The first-order chi connectivity index (χ1) is 17.4. The molecule has 9 heteroatoms. The highest BCUT2D eigenvalue weighted by molar-refractivity contribution is 8.18. The zero-order chi connectivity index (χ0) is 24.7. The maximum atomic E-state index is 13.4. The minimum Gasteiger partial charge on any atom is -0.341 e. The van der Waals surface area contributed by atoms with Crippen LogP contribution in [0, 0.1) is 11.2 Å². The van der Waals surface area contributed by atoms with Crippen molar-refractivity contribution in [2.45, 2.75) is 38.3 Å². The maximum absolute atomic E-state index is 13.4. The lowest BCUT2D eigenvalue weighted by Gasteiger charge is -2.52. The van der Waals surface area contributed by atoms with E-state index in [0.717, 1.165) is 55.0 Å². The van der Waals surface area contributed by atoms with Gasteiger partial charge in [-0.05, 0) is 89.5 Å². The monoisotopic (exact) mass is 503 g/mol. The molecule has 7 nitrogen and oxygen atoms in total. The number of anilines is 1. The number of aromatic nitrogens is 2. The van der Waals surface area contributed by atoms with E-state index in [1.807, 2.05) is 12.1 Å². The number of fused-ring (bicyclic) bond motifs is 1. The van der Waals surface area contributed by atoms with Crippen molar-refractivity contribution < 1.29 is 14.0 Å². The van der Waals surface area contributed by atoms with Crippen molar-refractivity contribution in [2.75, 3.05) is 18.0 Å². The Labute approximate surface area is 212 Å². The van der Waals surface area contributed by atoms with Crippen molar-refractivity contribution in [3.05, 3.63) is 70.6 Å². The zero-order valence-electron chi connectivity index (χ0n) is 19.7. The number of amides is 2. The molecule has 2 aromatic carbocycles. The number of benzene rings is 2. The van der Waals surface area contributed by atoms with Crippen molar-refractivity contribution in [2.24, 2.45) is 5.41 Å². The summed E-state index contributed by atoms with van der Waals surface area (Å²) in [6.07, 6.45) is 7.89. The van der Waals surface area contributed by atoms with E-state index in [2.05, 4.69) is 37.6 Å². The lowest BCUT2D eigenvalue weighted by molar-refractivity contribution is -0.115. The number of nitrogens with one attached hydrogen (secondary N) is 2. The van der Waals surface area contributed by atoms with Gasteiger partial charge in [0.15, 0.2) is 0 Å². The quantitative estimate of drug-likeness (QED) is 0.491. The highest BCUT2D eigenvalue weighted by Crippen LogP contribution is 2.49. The smallest absolute Gasteiger partial charge is 0.290 e. The van der Waals surface area contributed by atoms with Gasteiger partial charge < -0.3 is 10.2 Å². The van der Waals surface area contributed by atoms with E-state index in [4.69, 9.17) is 0 Å². The van der Waals surface area contributed by atoms with Crippen LogP contribution in [0.4, 0.5) is 15.1 Å². The molecule has 0 radical (unpaired) electrons. The second-order valence-electron chi connectivity index (χ2n) is 9.93. The number of halogens is 1. The van der Waals surface area contributed by atoms with Gasteiger partial charge in [-0.1, -0.05) is 18.2 Å². The van der Waals surface area contributed by atoms with Crippen molar-refractivity contribution in [3.63, 3.8) is 0 Å². The molecule has 1 aromatic heterocycles. The first-order valence-electron chi connectivity index (χ1n) is 12.2. The van der Waals surface area contributed by atoms with Gasteiger partial charge in [0, 0.05) is 31.9 Å².